The third-order valence-corrected chi connectivity index (χ3v) is 11.2. The summed E-state index contributed by atoms with van der Waals surface area (Å²) in [7, 11) is 0. The molecule has 368 valence electrons. The summed E-state index contributed by atoms with van der Waals surface area (Å²) in [5.74, 6) is 1.95. The summed E-state index contributed by atoms with van der Waals surface area (Å²) in [5, 5.41) is 20.2. The van der Waals surface area contributed by atoms with Crippen LogP contribution in [0.3, 0.4) is 0 Å². The summed E-state index contributed by atoms with van der Waals surface area (Å²) in [6.07, 6.45) is 10.5. The highest BCUT2D eigenvalue weighted by Gasteiger charge is 2.20. The average molecular weight is 996 g/mol. The van der Waals surface area contributed by atoms with E-state index in [0.717, 1.165) is 56.9 Å². The fraction of sp³-hybridized carbons (Fsp3) is 0.400. The predicted octanol–water partition coefficient (Wildman–Crippen LogP) is 11.0. The molecule has 6 heterocycles. The number of fused-ring (bicyclic) bond motifs is 2. The van der Waals surface area contributed by atoms with Gasteiger partial charge in [-0.25, -0.2) is 9.97 Å². The Balaban J connectivity index is 0.000000206. The molecule has 0 spiro atoms. The molecule has 70 heavy (non-hydrogen) atoms. The molecule has 0 unspecified atom stereocenters. The molecule has 0 aliphatic rings. The normalized spacial score (nSPS) is 11.4. The Labute approximate surface area is 415 Å². The van der Waals surface area contributed by atoms with Crippen LogP contribution >= 0.6 is 23.2 Å². The topological polar surface area (TPSA) is 210 Å². The fourth-order valence-corrected chi connectivity index (χ4v) is 7.88. The molecule has 0 saturated heterocycles. The van der Waals surface area contributed by atoms with Crippen molar-refractivity contribution in [3.8, 4) is 57.4 Å². The predicted molar refractivity (Wildman–Crippen MR) is 265 cm³/mol. The zero-order valence-electron chi connectivity index (χ0n) is 40.5. The standard InChI is InChI=1S/2C25H28ClN5O4/c1-5-16-12-21-18(14-31(29-21)9-7-8-22(32)33-6-2)10-19(16)23-28-24(35-30-23)17-11-20(26)25(27-13-17)34-15(3)4;1-5-16-12-21-17(14-28-31(21)9-7-8-22(32)33-6-2)10-19(16)23-29-24(35-30-23)18-11-20(26)25(27-13-18)34-15(3)4/h2*10-15H,5-9H2,1-4H3. The molecule has 18 nitrogen and oxygen atoms in total. The van der Waals surface area contributed by atoms with Crippen LogP contribution in [0.2, 0.25) is 10.0 Å². The van der Waals surface area contributed by atoms with E-state index in [1.807, 2.05) is 61.5 Å². The van der Waals surface area contributed by atoms with Crippen LogP contribution in [0.25, 0.3) is 67.5 Å². The van der Waals surface area contributed by atoms with E-state index >= 15 is 0 Å². The summed E-state index contributed by atoms with van der Waals surface area (Å²) >= 11 is 12.6. The minimum Gasteiger partial charge on any atom is -0.474 e. The number of nitrogens with zero attached hydrogens (tertiary/aromatic N) is 10. The molecule has 0 aliphatic heterocycles. The molecular formula is C50H56Cl2N10O8. The summed E-state index contributed by atoms with van der Waals surface area (Å²) in [6, 6.07) is 11.6. The van der Waals surface area contributed by atoms with Gasteiger partial charge in [-0.1, -0.05) is 47.4 Å². The summed E-state index contributed by atoms with van der Waals surface area (Å²) in [6.45, 7) is 17.4. The number of hydrogen-bond donors (Lipinski definition) is 0. The van der Waals surface area contributed by atoms with Gasteiger partial charge in [0.2, 0.25) is 23.4 Å². The molecule has 0 fully saturated rings. The van der Waals surface area contributed by atoms with Gasteiger partial charge in [0.15, 0.2) is 0 Å². The van der Waals surface area contributed by atoms with E-state index in [1.54, 1.807) is 44.6 Å². The number of hydrogen-bond acceptors (Lipinski definition) is 16. The molecule has 0 aliphatic carbocycles. The van der Waals surface area contributed by atoms with Gasteiger partial charge in [-0.05, 0) is 115 Å². The Morgan fingerprint density at radius 3 is 1.67 bits per heavy atom. The van der Waals surface area contributed by atoms with Gasteiger partial charge >= 0.3 is 11.9 Å². The quantitative estimate of drug-likeness (QED) is 0.0650. The maximum Gasteiger partial charge on any atom is 0.305 e. The largest absolute Gasteiger partial charge is 0.474 e. The van der Waals surface area contributed by atoms with Crippen molar-refractivity contribution in [2.24, 2.45) is 0 Å². The summed E-state index contributed by atoms with van der Waals surface area (Å²) < 4.78 is 36.0. The van der Waals surface area contributed by atoms with E-state index in [2.05, 4.69) is 60.4 Å². The molecule has 0 bridgehead atoms. The van der Waals surface area contributed by atoms with Crippen molar-refractivity contribution in [2.45, 2.75) is 119 Å². The molecule has 0 saturated carbocycles. The maximum atomic E-state index is 11.6. The van der Waals surface area contributed by atoms with Gasteiger partial charge in [0.25, 0.3) is 11.8 Å². The lowest BCUT2D eigenvalue weighted by atomic mass is 10.0. The minimum absolute atomic E-state index is 0.0369. The number of esters is 2. The number of benzene rings is 2. The van der Waals surface area contributed by atoms with Crippen LogP contribution in [-0.4, -0.2) is 87.2 Å². The van der Waals surface area contributed by atoms with E-state index in [1.165, 1.54) is 0 Å². The average Bonchev–Trinajstić information content (AvgIpc) is 4.17. The Bertz CT molecular complexity index is 2960. The summed E-state index contributed by atoms with van der Waals surface area (Å²) in [4.78, 5) is 41.0. The number of aromatic nitrogens is 10. The molecule has 20 heteroatoms. The number of carbonyl (C=O) groups is 2. The van der Waals surface area contributed by atoms with Crippen molar-refractivity contribution in [3.05, 3.63) is 82.4 Å². The smallest absolute Gasteiger partial charge is 0.305 e. The summed E-state index contributed by atoms with van der Waals surface area (Å²) in [5.41, 5.74) is 6.96. The fourth-order valence-electron chi connectivity index (χ4n) is 7.46. The Hall–Kier alpha value is -6.92. The maximum absolute atomic E-state index is 11.6. The molecular weight excluding hydrogens is 940 g/mol. The van der Waals surface area contributed by atoms with Gasteiger partial charge in [-0.15, -0.1) is 0 Å². The van der Waals surface area contributed by atoms with Crippen LogP contribution in [0.5, 0.6) is 11.8 Å². The zero-order valence-corrected chi connectivity index (χ0v) is 42.0. The minimum atomic E-state index is -0.189. The van der Waals surface area contributed by atoms with E-state index in [4.69, 9.17) is 51.2 Å². The molecule has 6 aromatic heterocycles. The van der Waals surface area contributed by atoms with E-state index in [9.17, 15) is 9.59 Å². The lowest BCUT2D eigenvalue weighted by molar-refractivity contribution is -0.144. The van der Waals surface area contributed by atoms with Crippen molar-refractivity contribution in [3.63, 3.8) is 0 Å². The Morgan fingerprint density at radius 1 is 0.657 bits per heavy atom. The molecule has 8 aromatic rings. The molecule has 0 N–H and O–H groups in total. The Kier molecular flexibility index (Phi) is 17.2. The van der Waals surface area contributed by atoms with Crippen molar-refractivity contribution < 1.29 is 37.6 Å². The van der Waals surface area contributed by atoms with Crippen LogP contribution in [-0.2, 0) is 45.0 Å². The van der Waals surface area contributed by atoms with Crippen molar-refractivity contribution >= 4 is 56.9 Å². The number of carbonyl (C=O) groups excluding carboxylic acids is 2. The van der Waals surface area contributed by atoms with E-state index in [-0.39, 0.29) is 24.1 Å². The van der Waals surface area contributed by atoms with Crippen LogP contribution in [0.4, 0.5) is 0 Å². The third-order valence-electron chi connectivity index (χ3n) is 10.7. The number of pyridine rings is 2. The molecule has 0 amide bonds. The van der Waals surface area contributed by atoms with Gasteiger partial charge in [0, 0.05) is 66.4 Å². The highest BCUT2D eigenvalue weighted by molar-refractivity contribution is 6.32. The first kappa shape index (κ1) is 50.9. The second kappa shape index (κ2) is 23.6. The van der Waals surface area contributed by atoms with Crippen molar-refractivity contribution in [1.82, 2.24) is 49.8 Å². The van der Waals surface area contributed by atoms with Gasteiger partial charge in [-0.3, -0.25) is 19.0 Å². The van der Waals surface area contributed by atoms with Gasteiger partial charge in [-0.2, -0.15) is 20.2 Å². The first-order valence-corrected chi connectivity index (χ1v) is 24.2. The zero-order chi connectivity index (χ0) is 49.9. The molecule has 2 aromatic carbocycles. The second-order valence-corrected chi connectivity index (χ2v) is 17.4. The van der Waals surface area contributed by atoms with Gasteiger partial charge in [0.1, 0.15) is 10.0 Å². The van der Waals surface area contributed by atoms with Crippen molar-refractivity contribution in [1.29, 1.82) is 0 Å². The number of rotatable bonds is 20. The Morgan fingerprint density at radius 2 is 1.17 bits per heavy atom. The number of halogens is 2. The molecule has 8 rings (SSSR count). The molecule has 0 radical (unpaired) electrons. The third kappa shape index (κ3) is 12.6. The lowest BCUT2D eigenvalue weighted by Crippen LogP contribution is -2.07. The highest BCUT2D eigenvalue weighted by atomic mass is 35.5. The van der Waals surface area contributed by atoms with Gasteiger partial charge in [0.05, 0.1) is 53.8 Å². The van der Waals surface area contributed by atoms with Crippen LogP contribution in [0.1, 0.15) is 92.2 Å². The highest BCUT2D eigenvalue weighted by Crippen LogP contribution is 2.34. The van der Waals surface area contributed by atoms with E-state index < -0.39 is 0 Å². The molecule has 0 atom stereocenters. The first-order chi connectivity index (χ1) is 33.8. The monoisotopic (exact) mass is 994 g/mol. The van der Waals surface area contributed by atoms with Crippen LogP contribution in [0, 0.1) is 0 Å². The van der Waals surface area contributed by atoms with E-state index in [0.29, 0.717) is 108 Å². The first-order valence-electron chi connectivity index (χ1n) is 23.4. The lowest BCUT2D eigenvalue weighted by Gasteiger charge is -2.09. The number of aryl methyl sites for hydroxylation is 4. The van der Waals surface area contributed by atoms with Gasteiger partial charge < -0.3 is 28.0 Å². The van der Waals surface area contributed by atoms with Crippen molar-refractivity contribution in [2.75, 3.05) is 13.2 Å². The van der Waals surface area contributed by atoms with Crippen LogP contribution < -0.4 is 9.47 Å². The number of ether oxygens (including phenoxy) is 4. The SMILES string of the molecule is CCOC(=O)CCCn1cc2cc(-c3noc(-c4cnc(OC(C)C)c(Cl)c4)n3)c(CC)cc2n1.CCOC(=O)CCCn1ncc2cc(-c3noc(-c4cnc(OC(C)C)c(Cl)c4)n3)c(CC)cc21. The van der Waals surface area contributed by atoms with Crippen LogP contribution in [0.15, 0.2) is 70.2 Å². The second-order valence-electron chi connectivity index (χ2n) is 16.6.